The summed E-state index contributed by atoms with van der Waals surface area (Å²) in [5, 5.41) is 0.972. The van der Waals surface area contributed by atoms with Crippen LogP contribution in [-0.4, -0.2) is 9.97 Å². The smallest absolute Gasteiger partial charge is 0.168 e. The summed E-state index contributed by atoms with van der Waals surface area (Å²) in [5.41, 5.74) is 0.827. The van der Waals surface area contributed by atoms with Gasteiger partial charge < -0.3 is 0 Å². The maximum absolute atomic E-state index is 5.47. The van der Waals surface area contributed by atoms with Gasteiger partial charge in [0.1, 0.15) is 10.3 Å². The van der Waals surface area contributed by atoms with Gasteiger partial charge in [-0.05, 0) is 0 Å². The Morgan fingerprint density at radius 1 is 1.00 bits per heavy atom. The molecule has 0 spiro atoms. The molecule has 0 atom stereocenters. The fourth-order valence-electron chi connectivity index (χ4n) is 0.598. The van der Waals surface area contributed by atoms with Crippen LogP contribution in [0, 0.1) is 0 Å². The summed E-state index contributed by atoms with van der Waals surface area (Å²) < 4.78 is 0. The second-order valence-electron chi connectivity index (χ2n) is 1.50. The van der Waals surface area contributed by atoms with Crippen LogP contribution in [0.3, 0.4) is 0 Å². The summed E-state index contributed by atoms with van der Waals surface area (Å²) in [7, 11) is 0. The Hall–Kier alpha value is -0.340. The van der Waals surface area contributed by atoms with Crippen molar-refractivity contribution < 1.29 is 0 Å². The van der Waals surface area contributed by atoms with Crippen molar-refractivity contribution in [2.75, 3.05) is 0 Å². The molecule has 0 aromatic carbocycles. The van der Waals surface area contributed by atoms with Gasteiger partial charge in [0, 0.05) is 0 Å². The number of hydrogen-bond donors (Lipinski definition) is 0. The van der Waals surface area contributed by atoms with Crippen molar-refractivity contribution in [3.8, 4) is 11.4 Å². The van der Waals surface area contributed by atoms with Gasteiger partial charge in [0.25, 0.3) is 0 Å². The Morgan fingerprint density at radius 3 is 1.62 bits per heavy atom. The van der Waals surface area contributed by atoms with E-state index in [4.69, 9.17) is 23.2 Å². The van der Waals surface area contributed by atoms with Gasteiger partial charge >= 0.3 is 0 Å². The lowest BCUT2D eigenvalue weighted by atomic mass is 10.2. The highest BCUT2D eigenvalue weighted by Crippen LogP contribution is 2.40. The average Bonchev–Trinajstić information content (AvgIpc) is 1.63. The van der Waals surface area contributed by atoms with Crippen LogP contribution < -0.4 is 0 Å². The SMILES string of the molecule is Clc1nc2nc(Cl)c1-2. The molecule has 40 valence electrons. The van der Waals surface area contributed by atoms with E-state index in [0.29, 0.717) is 16.1 Å². The summed E-state index contributed by atoms with van der Waals surface area (Å²) in [6.45, 7) is 0. The van der Waals surface area contributed by atoms with Crippen LogP contribution in [0.15, 0.2) is 0 Å². The number of halogens is 2. The lowest BCUT2D eigenvalue weighted by Crippen LogP contribution is -2.05. The standard InChI is InChI=1S/C4Cl2N2/c5-2-1-3(6)8-4(1)7-2. The molecule has 2 aliphatic heterocycles. The molecular weight excluding hydrogens is 147 g/mol. The topological polar surface area (TPSA) is 25.8 Å². The molecule has 0 unspecified atom stereocenters. The maximum Gasteiger partial charge on any atom is 0.168 e. The van der Waals surface area contributed by atoms with E-state index in [1.54, 1.807) is 0 Å². The normalized spacial score (nSPS) is 11.8. The lowest BCUT2D eigenvalue weighted by Gasteiger charge is -2.14. The van der Waals surface area contributed by atoms with Crippen LogP contribution in [0.5, 0.6) is 0 Å². The number of fused-ring (bicyclic) bond motifs is 1. The highest BCUT2D eigenvalue weighted by atomic mass is 35.5. The van der Waals surface area contributed by atoms with E-state index < -0.39 is 0 Å². The molecular formula is C4Cl2N2. The fraction of sp³-hybridized carbons (Fsp3) is 0. The average molecular weight is 147 g/mol. The summed E-state index contributed by atoms with van der Waals surface area (Å²) in [6, 6.07) is 0. The zero-order valence-electron chi connectivity index (χ0n) is 3.65. The lowest BCUT2D eigenvalue weighted by molar-refractivity contribution is 1.08. The zero-order chi connectivity index (χ0) is 5.72. The van der Waals surface area contributed by atoms with Crippen LogP contribution in [0.2, 0.25) is 10.3 Å². The van der Waals surface area contributed by atoms with Crippen molar-refractivity contribution in [2.24, 2.45) is 0 Å². The van der Waals surface area contributed by atoms with Crippen molar-refractivity contribution in [2.45, 2.75) is 0 Å². The molecule has 0 N–H and O–H groups in total. The van der Waals surface area contributed by atoms with Crippen molar-refractivity contribution in [3.05, 3.63) is 10.3 Å². The highest BCUT2D eigenvalue weighted by molar-refractivity contribution is 6.39. The van der Waals surface area contributed by atoms with Crippen LogP contribution in [0.4, 0.5) is 0 Å². The van der Waals surface area contributed by atoms with Crippen LogP contribution in [0.1, 0.15) is 0 Å². The van der Waals surface area contributed by atoms with Crippen LogP contribution in [0.25, 0.3) is 11.4 Å². The molecule has 0 aliphatic carbocycles. The molecule has 0 amide bonds. The predicted octanol–water partition coefficient (Wildman–Crippen LogP) is 1.76. The summed E-state index contributed by atoms with van der Waals surface area (Å²) >= 11 is 10.9. The molecule has 0 aromatic heterocycles. The summed E-state index contributed by atoms with van der Waals surface area (Å²) in [5.74, 6) is 0.694. The minimum absolute atomic E-state index is 0.486. The summed E-state index contributed by atoms with van der Waals surface area (Å²) in [6.07, 6.45) is 0. The van der Waals surface area contributed by atoms with Gasteiger partial charge in [-0.1, -0.05) is 23.2 Å². The maximum atomic E-state index is 5.47. The van der Waals surface area contributed by atoms with Crippen molar-refractivity contribution in [3.63, 3.8) is 0 Å². The molecule has 4 heteroatoms. The first-order chi connectivity index (χ1) is 3.79. The second-order valence-corrected chi connectivity index (χ2v) is 2.22. The monoisotopic (exact) mass is 146 g/mol. The van der Waals surface area contributed by atoms with Gasteiger partial charge in [-0.2, -0.15) is 0 Å². The quantitative estimate of drug-likeness (QED) is 0.530. The van der Waals surface area contributed by atoms with E-state index in [0.717, 1.165) is 5.56 Å². The Balaban J connectivity index is 2.71. The molecule has 0 saturated heterocycles. The number of nitrogens with zero attached hydrogens (tertiary/aromatic N) is 2. The molecule has 2 aliphatic rings. The highest BCUT2D eigenvalue weighted by Gasteiger charge is 2.25. The van der Waals surface area contributed by atoms with Crippen molar-refractivity contribution >= 4 is 23.2 Å². The first-order valence-electron chi connectivity index (χ1n) is 2.02. The van der Waals surface area contributed by atoms with E-state index in [-0.39, 0.29) is 0 Å². The molecule has 2 heterocycles. The van der Waals surface area contributed by atoms with E-state index >= 15 is 0 Å². The molecule has 0 fully saturated rings. The third kappa shape index (κ3) is 0.318. The van der Waals surface area contributed by atoms with Crippen LogP contribution >= 0.6 is 23.2 Å². The van der Waals surface area contributed by atoms with Gasteiger partial charge in [-0.15, -0.1) is 0 Å². The second kappa shape index (κ2) is 1.14. The Kier molecular flexibility index (Phi) is 0.648. The summed E-state index contributed by atoms with van der Waals surface area (Å²) in [4.78, 5) is 7.46. The number of aromatic nitrogens is 2. The van der Waals surface area contributed by atoms with Gasteiger partial charge in [0.2, 0.25) is 0 Å². The van der Waals surface area contributed by atoms with E-state index in [1.165, 1.54) is 0 Å². The minimum Gasteiger partial charge on any atom is -0.215 e. The Labute approximate surface area is 55.5 Å². The molecule has 2 rings (SSSR count). The third-order valence-corrected chi connectivity index (χ3v) is 1.59. The molecule has 0 radical (unpaired) electrons. The molecule has 2 nitrogen and oxygen atoms in total. The van der Waals surface area contributed by atoms with E-state index in [2.05, 4.69) is 9.97 Å². The van der Waals surface area contributed by atoms with Gasteiger partial charge in [0.05, 0.1) is 5.56 Å². The van der Waals surface area contributed by atoms with Gasteiger partial charge in [0.15, 0.2) is 5.82 Å². The largest absolute Gasteiger partial charge is 0.215 e. The zero-order valence-corrected chi connectivity index (χ0v) is 5.16. The van der Waals surface area contributed by atoms with Gasteiger partial charge in [-0.25, -0.2) is 9.97 Å². The minimum atomic E-state index is 0.486. The van der Waals surface area contributed by atoms with Crippen molar-refractivity contribution in [1.29, 1.82) is 0 Å². The van der Waals surface area contributed by atoms with Crippen molar-refractivity contribution in [1.82, 2.24) is 9.97 Å². The first kappa shape index (κ1) is 4.53. The fourth-order valence-corrected chi connectivity index (χ4v) is 1.15. The number of rotatable bonds is 0. The molecule has 0 saturated carbocycles. The molecule has 0 aromatic rings. The van der Waals surface area contributed by atoms with Gasteiger partial charge in [-0.3, -0.25) is 0 Å². The molecule has 0 bridgehead atoms. The third-order valence-electron chi connectivity index (χ3n) is 1.04. The van der Waals surface area contributed by atoms with E-state index in [9.17, 15) is 0 Å². The first-order valence-corrected chi connectivity index (χ1v) is 2.78. The number of hydrogen-bond acceptors (Lipinski definition) is 2. The van der Waals surface area contributed by atoms with Crippen LogP contribution in [-0.2, 0) is 0 Å². The Bertz CT molecular complexity index is 235. The van der Waals surface area contributed by atoms with E-state index in [1.807, 2.05) is 0 Å². The predicted molar refractivity (Wildman–Crippen MR) is 31.0 cm³/mol. The Morgan fingerprint density at radius 2 is 1.50 bits per heavy atom. The molecule has 8 heavy (non-hydrogen) atoms.